The summed E-state index contributed by atoms with van der Waals surface area (Å²) in [7, 11) is 0. The van der Waals surface area contributed by atoms with Crippen LogP contribution >= 0.6 is 0 Å². The molecule has 2 unspecified atom stereocenters. The first-order valence-electron chi connectivity index (χ1n) is 4.77. The van der Waals surface area contributed by atoms with E-state index in [2.05, 4.69) is 15.0 Å². The van der Waals surface area contributed by atoms with Gasteiger partial charge in [0, 0.05) is 25.6 Å². The molecule has 1 N–H and O–H groups in total. The predicted molar refractivity (Wildman–Crippen MR) is 47.7 cm³/mol. The Bertz CT molecular complexity index is 349. The quantitative estimate of drug-likeness (QED) is 0.666. The average Bonchev–Trinajstić information content (AvgIpc) is 2.75. The van der Waals surface area contributed by atoms with Gasteiger partial charge in [0.05, 0.1) is 17.8 Å². The Morgan fingerprint density at radius 3 is 3.29 bits per heavy atom. The molecule has 0 spiro atoms. The van der Waals surface area contributed by atoms with Crippen LogP contribution in [0.15, 0.2) is 17.0 Å². The Kier molecular flexibility index (Phi) is 1.61. The molecule has 1 amide bonds. The van der Waals surface area contributed by atoms with Crippen molar-refractivity contribution >= 4 is 5.91 Å². The number of aromatic nitrogens is 1. The number of fused-ring (bicyclic) bond motifs is 1. The number of likely N-dealkylation sites (tertiary alicyclic amines) is 1. The van der Waals surface area contributed by atoms with Crippen LogP contribution in [0.3, 0.4) is 0 Å². The molecular formula is C9H11N3O2. The van der Waals surface area contributed by atoms with Crippen LogP contribution in [-0.2, 0) is 0 Å². The third-order valence-electron chi connectivity index (χ3n) is 3.08. The van der Waals surface area contributed by atoms with E-state index in [1.54, 1.807) is 0 Å². The number of nitrogens with zero attached hydrogens (tertiary/aromatic N) is 2. The van der Waals surface area contributed by atoms with E-state index in [0.717, 1.165) is 19.6 Å². The van der Waals surface area contributed by atoms with Gasteiger partial charge in [-0.15, -0.1) is 0 Å². The zero-order valence-electron chi connectivity index (χ0n) is 7.64. The molecule has 3 heterocycles. The smallest absolute Gasteiger partial charge is 0.259 e. The summed E-state index contributed by atoms with van der Waals surface area (Å²) >= 11 is 0. The highest BCUT2D eigenvalue weighted by atomic mass is 16.5. The summed E-state index contributed by atoms with van der Waals surface area (Å²) in [6.45, 7) is 2.82. The molecule has 0 saturated carbocycles. The Morgan fingerprint density at radius 2 is 2.57 bits per heavy atom. The van der Waals surface area contributed by atoms with E-state index in [9.17, 15) is 4.79 Å². The maximum absolute atomic E-state index is 11.8. The standard InChI is InChI=1S/C9H11N3O2/c13-9(7-2-11-14-5-7)12-4-6-1-10-3-8(6)12/h2,5-6,8,10H,1,3-4H2. The van der Waals surface area contributed by atoms with Gasteiger partial charge in [-0.3, -0.25) is 4.79 Å². The van der Waals surface area contributed by atoms with Crippen LogP contribution < -0.4 is 5.32 Å². The molecule has 0 bridgehead atoms. The SMILES string of the molecule is O=C(c1cnoc1)N1CC2CNCC21. The van der Waals surface area contributed by atoms with Gasteiger partial charge in [-0.2, -0.15) is 0 Å². The van der Waals surface area contributed by atoms with E-state index in [1.807, 2.05) is 4.90 Å². The van der Waals surface area contributed by atoms with Crippen molar-refractivity contribution in [3.63, 3.8) is 0 Å². The third-order valence-corrected chi connectivity index (χ3v) is 3.08. The molecule has 1 aromatic rings. The minimum atomic E-state index is 0.0381. The topological polar surface area (TPSA) is 58.4 Å². The van der Waals surface area contributed by atoms with Gasteiger partial charge >= 0.3 is 0 Å². The molecule has 2 saturated heterocycles. The monoisotopic (exact) mass is 193 g/mol. The number of rotatable bonds is 1. The lowest BCUT2D eigenvalue weighted by Crippen LogP contribution is -2.57. The van der Waals surface area contributed by atoms with Crippen LogP contribution in [0.5, 0.6) is 0 Å². The lowest BCUT2D eigenvalue weighted by atomic mass is 9.91. The maximum atomic E-state index is 11.8. The van der Waals surface area contributed by atoms with Crippen LogP contribution in [0.4, 0.5) is 0 Å². The van der Waals surface area contributed by atoms with E-state index in [0.29, 0.717) is 17.5 Å². The van der Waals surface area contributed by atoms with Crippen molar-refractivity contribution in [2.24, 2.45) is 5.92 Å². The van der Waals surface area contributed by atoms with Crippen molar-refractivity contribution in [3.8, 4) is 0 Å². The minimum Gasteiger partial charge on any atom is -0.364 e. The highest BCUT2D eigenvalue weighted by molar-refractivity contribution is 5.94. The highest BCUT2D eigenvalue weighted by Crippen LogP contribution is 2.29. The molecular weight excluding hydrogens is 182 g/mol. The van der Waals surface area contributed by atoms with Gasteiger partial charge in [0.25, 0.3) is 5.91 Å². The number of carbonyl (C=O) groups is 1. The summed E-state index contributed by atoms with van der Waals surface area (Å²) in [5.74, 6) is 0.690. The third kappa shape index (κ3) is 0.988. The van der Waals surface area contributed by atoms with Gasteiger partial charge in [0.2, 0.25) is 0 Å². The van der Waals surface area contributed by atoms with Gasteiger partial charge in [-0.25, -0.2) is 0 Å². The number of hydrogen-bond acceptors (Lipinski definition) is 4. The fourth-order valence-electron chi connectivity index (χ4n) is 2.23. The van der Waals surface area contributed by atoms with Crippen LogP contribution in [-0.4, -0.2) is 41.6 Å². The fraction of sp³-hybridized carbons (Fsp3) is 0.556. The summed E-state index contributed by atoms with van der Waals surface area (Å²) in [4.78, 5) is 13.7. The molecule has 2 atom stereocenters. The second kappa shape index (κ2) is 2.81. The molecule has 2 aliphatic heterocycles. The van der Waals surface area contributed by atoms with E-state index in [-0.39, 0.29) is 5.91 Å². The second-order valence-electron chi connectivity index (χ2n) is 3.86. The zero-order chi connectivity index (χ0) is 9.54. The lowest BCUT2D eigenvalue weighted by Gasteiger charge is -2.43. The molecule has 2 fully saturated rings. The molecule has 3 rings (SSSR count). The largest absolute Gasteiger partial charge is 0.364 e. The molecule has 5 heteroatoms. The molecule has 0 aromatic carbocycles. The Balaban J connectivity index is 1.75. The van der Waals surface area contributed by atoms with E-state index in [1.165, 1.54) is 12.5 Å². The average molecular weight is 193 g/mol. The molecule has 0 radical (unpaired) electrons. The van der Waals surface area contributed by atoms with Gasteiger partial charge in [0.15, 0.2) is 0 Å². The molecule has 2 aliphatic rings. The number of amides is 1. The summed E-state index contributed by atoms with van der Waals surface area (Å²) in [6.07, 6.45) is 2.87. The summed E-state index contributed by atoms with van der Waals surface area (Å²) in [5.41, 5.74) is 0.551. The van der Waals surface area contributed by atoms with Crippen LogP contribution in [0.2, 0.25) is 0 Å². The second-order valence-corrected chi connectivity index (χ2v) is 3.86. The van der Waals surface area contributed by atoms with Crippen LogP contribution in [0.1, 0.15) is 10.4 Å². The Hall–Kier alpha value is -1.36. The van der Waals surface area contributed by atoms with Crippen LogP contribution in [0, 0.1) is 5.92 Å². The van der Waals surface area contributed by atoms with E-state index in [4.69, 9.17) is 0 Å². The molecule has 14 heavy (non-hydrogen) atoms. The van der Waals surface area contributed by atoms with Crippen molar-refractivity contribution < 1.29 is 9.32 Å². The summed E-state index contributed by atoms with van der Waals surface area (Å²) < 4.78 is 4.65. The first-order valence-corrected chi connectivity index (χ1v) is 4.77. The Labute approximate surface area is 81.0 Å². The molecule has 74 valence electrons. The van der Waals surface area contributed by atoms with Crippen molar-refractivity contribution in [2.75, 3.05) is 19.6 Å². The molecule has 1 aromatic heterocycles. The van der Waals surface area contributed by atoms with Crippen molar-refractivity contribution in [1.82, 2.24) is 15.4 Å². The predicted octanol–water partition coefficient (Wildman–Crippen LogP) is -0.282. The lowest BCUT2D eigenvalue weighted by molar-refractivity contribution is 0.0327. The van der Waals surface area contributed by atoms with E-state index < -0.39 is 0 Å². The maximum Gasteiger partial charge on any atom is 0.259 e. The normalized spacial score (nSPS) is 29.9. The first kappa shape index (κ1) is 7.99. The van der Waals surface area contributed by atoms with Gasteiger partial charge < -0.3 is 14.7 Å². The van der Waals surface area contributed by atoms with Crippen LogP contribution in [0.25, 0.3) is 0 Å². The van der Waals surface area contributed by atoms with Crippen molar-refractivity contribution in [2.45, 2.75) is 6.04 Å². The van der Waals surface area contributed by atoms with Gasteiger partial charge in [0.1, 0.15) is 6.26 Å². The fourth-order valence-corrected chi connectivity index (χ4v) is 2.23. The van der Waals surface area contributed by atoms with Gasteiger partial charge in [-0.05, 0) is 0 Å². The number of nitrogens with one attached hydrogen (secondary N) is 1. The minimum absolute atomic E-state index is 0.0381. The number of hydrogen-bond donors (Lipinski definition) is 1. The summed E-state index contributed by atoms with van der Waals surface area (Å²) in [6, 6.07) is 0.386. The Morgan fingerprint density at radius 1 is 1.64 bits per heavy atom. The van der Waals surface area contributed by atoms with Crippen molar-refractivity contribution in [3.05, 3.63) is 18.0 Å². The van der Waals surface area contributed by atoms with Crippen molar-refractivity contribution in [1.29, 1.82) is 0 Å². The first-order chi connectivity index (χ1) is 6.86. The summed E-state index contributed by atoms with van der Waals surface area (Å²) in [5, 5.41) is 6.81. The zero-order valence-corrected chi connectivity index (χ0v) is 7.64. The number of carbonyl (C=O) groups excluding carboxylic acids is 1. The molecule has 0 aliphatic carbocycles. The van der Waals surface area contributed by atoms with Gasteiger partial charge in [-0.1, -0.05) is 5.16 Å². The highest BCUT2D eigenvalue weighted by Gasteiger charge is 2.44. The van der Waals surface area contributed by atoms with E-state index >= 15 is 0 Å². The molecule has 5 nitrogen and oxygen atoms in total.